The van der Waals surface area contributed by atoms with Crippen LogP contribution in [0.1, 0.15) is 27.2 Å². The van der Waals surface area contributed by atoms with E-state index in [4.69, 9.17) is 11.6 Å². The van der Waals surface area contributed by atoms with Gasteiger partial charge >= 0.3 is 0 Å². The predicted octanol–water partition coefficient (Wildman–Crippen LogP) is 2.33. The summed E-state index contributed by atoms with van der Waals surface area (Å²) >= 11 is 5.65. The smallest absolute Gasteiger partial charge is 0.226 e. The average Bonchev–Trinajstić information content (AvgIpc) is 2.12. The molecule has 0 aliphatic rings. The van der Waals surface area contributed by atoms with E-state index < -0.39 is 5.41 Å². The van der Waals surface area contributed by atoms with Crippen molar-refractivity contribution in [3.63, 3.8) is 0 Å². The van der Waals surface area contributed by atoms with Crippen LogP contribution in [0.3, 0.4) is 0 Å². The lowest BCUT2D eigenvalue weighted by Crippen LogP contribution is -2.38. The van der Waals surface area contributed by atoms with Crippen LogP contribution >= 0.6 is 11.6 Å². The number of nitrogens with one attached hydrogen (secondary N) is 1. The zero-order valence-corrected chi connectivity index (χ0v) is 9.32. The number of alkyl halides is 1. The van der Waals surface area contributed by atoms with Crippen molar-refractivity contribution in [2.24, 2.45) is 5.41 Å². The first kappa shape index (κ1) is 12.5. The maximum atomic E-state index is 11.4. The van der Waals surface area contributed by atoms with Gasteiger partial charge in [-0.3, -0.25) is 4.79 Å². The second kappa shape index (κ2) is 6.03. The molecule has 0 aromatic rings. The highest BCUT2D eigenvalue weighted by Gasteiger charge is 2.25. The van der Waals surface area contributed by atoms with Crippen LogP contribution in [0.25, 0.3) is 0 Å². The van der Waals surface area contributed by atoms with Crippen molar-refractivity contribution < 1.29 is 4.79 Å². The number of halogens is 1. The third-order valence-corrected chi connectivity index (χ3v) is 2.45. The molecule has 0 aliphatic heterocycles. The molecule has 0 atom stereocenters. The van der Waals surface area contributed by atoms with Gasteiger partial charge in [-0.25, -0.2) is 0 Å². The monoisotopic (exact) mass is 203 g/mol. The third kappa shape index (κ3) is 4.94. The van der Waals surface area contributed by atoms with Crippen LogP contribution in [-0.2, 0) is 4.79 Å². The Kier molecular flexibility index (Phi) is 5.80. The molecule has 0 saturated heterocycles. The lowest BCUT2D eigenvalue weighted by atomic mass is 9.95. The second-order valence-electron chi connectivity index (χ2n) is 3.63. The van der Waals surface area contributed by atoms with Gasteiger partial charge in [-0.15, -0.1) is 11.6 Å². The van der Waals surface area contributed by atoms with Gasteiger partial charge in [-0.05, 0) is 27.2 Å². The van der Waals surface area contributed by atoms with Gasteiger partial charge in [0.1, 0.15) is 0 Å². The summed E-state index contributed by atoms with van der Waals surface area (Å²) in [6.07, 6.45) is 4.87. The molecule has 0 heterocycles. The van der Waals surface area contributed by atoms with Gasteiger partial charge in [0.25, 0.3) is 0 Å². The Morgan fingerprint density at radius 3 is 2.62 bits per heavy atom. The molecule has 0 saturated carbocycles. The van der Waals surface area contributed by atoms with E-state index in [2.05, 4.69) is 5.32 Å². The van der Waals surface area contributed by atoms with E-state index in [1.807, 2.05) is 32.9 Å². The van der Waals surface area contributed by atoms with Crippen LogP contribution in [-0.4, -0.2) is 18.3 Å². The van der Waals surface area contributed by atoms with Crippen molar-refractivity contribution in [1.29, 1.82) is 0 Å². The lowest BCUT2D eigenvalue weighted by molar-refractivity contribution is -0.128. The SMILES string of the molecule is C/C=C/CCNC(=O)C(C)(C)CCl. The summed E-state index contributed by atoms with van der Waals surface area (Å²) < 4.78 is 0. The summed E-state index contributed by atoms with van der Waals surface area (Å²) in [5.41, 5.74) is -0.461. The number of carbonyl (C=O) groups is 1. The van der Waals surface area contributed by atoms with Crippen molar-refractivity contribution in [2.75, 3.05) is 12.4 Å². The van der Waals surface area contributed by atoms with E-state index in [0.29, 0.717) is 12.4 Å². The fraction of sp³-hybridized carbons (Fsp3) is 0.700. The van der Waals surface area contributed by atoms with E-state index in [0.717, 1.165) is 6.42 Å². The Morgan fingerprint density at radius 1 is 1.54 bits per heavy atom. The summed E-state index contributed by atoms with van der Waals surface area (Å²) in [6, 6.07) is 0. The molecule has 0 aromatic heterocycles. The maximum absolute atomic E-state index is 11.4. The summed E-state index contributed by atoms with van der Waals surface area (Å²) in [5.74, 6) is 0.370. The minimum absolute atomic E-state index is 0.0204. The van der Waals surface area contributed by atoms with E-state index in [9.17, 15) is 4.79 Å². The third-order valence-electron chi connectivity index (χ3n) is 1.78. The molecule has 3 heteroatoms. The minimum atomic E-state index is -0.461. The number of carbonyl (C=O) groups excluding carboxylic acids is 1. The van der Waals surface area contributed by atoms with E-state index >= 15 is 0 Å². The molecule has 1 N–H and O–H groups in total. The highest BCUT2D eigenvalue weighted by atomic mass is 35.5. The summed E-state index contributed by atoms with van der Waals surface area (Å²) in [6.45, 7) is 6.32. The largest absolute Gasteiger partial charge is 0.355 e. The molecule has 1 amide bonds. The number of amides is 1. The number of allylic oxidation sites excluding steroid dienone is 1. The molecule has 13 heavy (non-hydrogen) atoms. The minimum Gasteiger partial charge on any atom is -0.355 e. The van der Waals surface area contributed by atoms with Gasteiger partial charge in [0.2, 0.25) is 5.91 Å². The zero-order valence-electron chi connectivity index (χ0n) is 8.56. The van der Waals surface area contributed by atoms with Crippen molar-refractivity contribution in [3.8, 4) is 0 Å². The molecule has 76 valence electrons. The molecule has 0 rings (SSSR count). The molecular formula is C10H18ClNO. The van der Waals surface area contributed by atoms with Crippen molar-refractivity contribution in [1.82, 2.24) is 5.32 Å². The van der Waals surface area contributed by atoms with Crippen LogP contribution < -0.4 is 5.32 Å². The molecular weight excluding hydrogens is 186 g/mol. The first-order chi connectivity index (χ1) is 6.04. The van der Waals surface area contributed by atoms with Crippen molar-refractivity contribution in [3.05, 3.63) is 12.2 Å². The van der Waals surface area contributed by atoms with Gasteiger partial charge in [-0.1, -0.05) is 12.2 Å². The Bertz CT molecular complexity index is 187. The summed E-state index contributed by atoms with van der Waals surface area (Å²) in [7, 11) is 0. The molecule has 0 aliphatic carbocycles. The summed E-state index contributed by atoms with van der Waals surface area (Å²) in [5, 5.41) is 2.83. The average molecular weight is 204 g/mol. The maximum Gasteiger partial charge on any atom is 0.226 e. The van der Waals surface area contributed by atoms with Gasteiger partial charge in [0, 0.05) is 12.4 Å². The van der Waals surface area contributed by atoms with E-state index in [-0.39, 0.29) is 5.91 Å². The highest BCUT2D eigenvalue weighted by Crippen LogP contribution is 2.16. The van der Waals surface area contributed by atoms with Crippen molar-refractivity contribution >= 4 is 17.5 Å². The fourth-order valence-electron chi connectivity index (χ4n) is 0.736. The Labute approximate surface area is 85.3 Å². The van der Waals surface area contributed by atoms with E-state index in [1.54, 1.807) is 0 Å². The van der Waals surface area contributed by atoms with Crippen LogP contribution in [0.4, 0.5) is 0 Å². The Morgan fingerprint density at radius 2 is 2.15 bits per heavy atom. The molecule has 0 fully saturated rings. The topological polar surface area (TPSA) is 29.1 Å². The number of hydrogen-bond acceptors (Lipinski definition) is 1. The van der Waals surface area contributed by atoms with Gasteiger partial charge < -0.3 is 5.32 Å². The van der Waals surface area contributed by atoms with Crippen LogP contribution in [0.15, 0.2) is 12.2 Å². The normalized spacial score (nSPS) is 12.0. The van der Waals surface area contributed by atoms with Crippen LogP contribution in [0.5, 0.6) is 0 Å². The Hall–Kier alpha value is -0.500. The highest BCUT2D eigenvalue weighted by molar-refractivity contribution is 6.19. The molecule has 0 aromatic carbocycles. The summed E-state index contributed by atoms with van der Waals surface area (Å²) in [4.78, 5) is 11.4. The van der Waals surface area contributed by atoms with Crippen LogP contribution in [0.2, 0.25) is 0 Å². The quantitative estimate of drug-likeness (QED) is 0.415. The van der Waals surface area contributed by atoms with Crippen LogP contribution in [0, 0.1) is 5.41 Å². The molecule has 0 unspecified atom stereocenters. The fourth-order valence-corrected chi connectivity index (χ4v) is 0.857. The zero-order chi connectivity index (χ0) is 10.3. The van der Waals surface area contributed by atoms with Crippen molar-refractivity contribution in [2.45, 2.75) is 27.2 Å². The first-order valence-electron chi connectivity index (χ1n) is 4.50. The van der Waals surface area contributed by atoms with E-state index in [1.165, 1.54) is 0 Å². The first-order valence-corrected chi connectivity index (χ1v) is 5.03. The Balaban J connectivity index is 3.74. The predicted molar refractivity (Wildman–Crippen MR) is 56.9 cm³/mol. The standard InChI is InChI=1S/C10H18ClNO/c1-4-5-6-7-12-9(13)10(2,3)8-11/h4-5H,6-8H2,1-3H3,(H,12,13)/b5-4+. The second-order valence-corrected chi connectivity index (χ2v) is 3.90. The van der Waals surface area contributed by atoms with Gasteiger partial charge in [0.05, 0.1) is 5.41 Å². The van der Waals surface area contributed by atoms with Gasteiger partial charge in [-0.2, -0.15) is 0 Å². The molecule has 0 radical (unpaired) electrons. The number of hydrogen-bond donors (Lipinski definition) is 1. The lowest BCUT2D eigenvalue weighted by Gasteiger charge is -2.19. The molecule has 2 nitrogen and oxygen atoms in total. The molecule has 0 bridgehead atoms. The van der Waals surface area contributed by atoms with Gasteiger partial charge in [0.15, 0.2) is 0 Å². The number of rotatable bonds is 5. The molecule has 0 spiro atoms.